The van der Waals surface area contributed by atoms with E-state index in [1.807, 2.05) is 36.4 Å². The Bertz CT molecular complexity index is 1490. The van der Waals surface area contributed by atoms with Crippen molar-refractivity contribution in [2.75, 3.05) is 0 Å². The summed E-state index contributed by atoms with van der Waals surface area (Å²) in [6.07, 6.45) is 0. The minimum atomic E-state index is -2.84. The van der Waals surface area contributed by atoms with Crippen LogP contribution >= 0.6 is 8.25 Å². The van der Waals surface area contributed by atoms with Gasteiger partial charge in [-0.15, -0.1) is 0 Å². The molecule has 0 aliphatic rings. The maximum Gasteiger partial charge on any atom is 0.673 e. The average molecular weight is 682 g/mol. The van der Waals surface area contributed by atoms with Crippen LogP contribution in [0, 0.1) is 0 Å². The highest BCUT2D eigenvalue weighted by atomic mass is 31.1. The molecule has 0 radical (unpaired) electrons. The quantitative estimate of drug-likeness (QED) is 0.0754. The van der Waals surface area contributed by atoms with E-state index in [1.54, 1.807) is 0 Å². The van der Waals surface area contributed by atoms with Crippen LogP contribution in [-0.4, -0.2) is 16.6 Å². The van der Waals surface area contributed by atoms with Crippen molar-refractivity contribution < 1.29 is 13.0 Å². The third kappa shape index (κ3) is 9.90. The molecule has 0 fully saturated rings. The lowest BCUT2D eigenvalue weighted by molar-refractivity contribution is 0.396. The second kappa shape index (κ2) is 16.7. The van der Waals surface area contributed by atoms with Gasteiger partial charge in [0, 0.05) is 4.57 Å². The van der Waals surface area contributed by atoms with Crippen molar-refractivity contribution in [2.45, 2.75) is 36.3 Å². The zero-order valence-corrected chi connectivity index (χ0v) is 30.1. The Balaban J connectivity index is 1.41. The van der Waals surface area contributed by atoms with Crippen LogP contribution in [0.1, 0.15) is 33.4 Å². The SMILES string of the molecule is O=[P+](O[Si](Cc1ccccc1)(Cc1ccccc1)Cc1ccccc1)O[Si](Cc1ccccc1)(Cc1ccccc1)Cc1ccccc1. The zero-order chi connectivity index (χ0) is 32.9. The largest absolute Gasteiger partial charge is 0.673 e. The fourth-order valence-electron chi connectivity index (χ4n) is 6.71. The van der Waals surface area contributed by atoms with Crippen molar-refractivity contribution in [2.24, 2.45) is 0 Å². The van der Waals surface area contributed by atoms with Gasteiger partial charge in [-0.2, -0.15) is 8.43 Å². The molecule has 0 bridgehead atoms. The van der Waals surface area contributed by atoms with Gasteiger partial charge in [-0.05, 0) is 69.6 Å². The molecule has 6 aromatic rings. The molecular formula is C42H42O3PSi2+. The van der Waals surface area contributed by atoms with Crippen LogP contribution in [0.25, 0.3) is 0 Å². The van der Waals surface area contributed by atoms with Gasteiger partial charge in [0.2, 0.25) is 0 Å². The Morgan fingerprint density at radius 3 is 0.646 bits per heavy atom. The lowest BCUT2D eigenvalue weighted by atomic mass is 10.2. The van der Waals surface area contributed by atoms with Gasteiger partial charge in [0.25, 0.3) is 16.6 Å². The summed E-state index contributed by atoms with van der Waals surface area (Å²) >= 11 is 0. The zero-order valence-electron chi connectivity index (χ0n) is 27.2. The molecule has 48 heavy (non-hydrogen) atoms. The maximum absolute atomic E-state index is 14.8. The van der Waals surface area contributed by atoms with Gasteiger partial charge in [0.05, 0.1) is 0 Å². The first-order valence-electron chi connectivity index (χ1n) is 16.7. The van der Waals surface area contributed by atoms with Gasteiger partial charge >= 0.3 is 8.25 Å². The molecule has 6 aromatic carbocycles. The Morgan fingerprint density at radius 2 is 0.479 bits per heavy atom. The van der Waals surface area contributed by atoms with E-state index < -0.39 is 24.9 Å². The summed E-state index contributed by atoms with van der Waals surface area (Å²) < 4.78 is 28.9. The van der Waals surface area contributed by atoms with Crippen LogP contribution in [0.4, 0.5) is 0 Å². The molecule has 3 nitrogen and oxygen atoms in total. The minimum Gasteiger partial charge on any atom is -0.175 e. The molecule has 0 unspecified atom stereocenters. The van der Waals surface area contributed by atoms with Crippen molar-refractivity contribution in [1.29, 1.82) is 0 Å². The fraction of sp³-hybridized carbons (Fsp3) is 0.143. The summed E-state index contributed by atoms with van der Waals surface area (Å²) in [5.74, 6) is 0. The molecule has 0 atom stereocenters. The summed E-state index contributed by atoms with van der Waals surface area (Å²) in [5.41, 5.74) is 7.17. The van der Waals surface area contributed by atoms with E-state index in [9.17, 15) is 4.57 Å². The molecular weight excluding hydrogens is 640 g/mol. The normalized spacial score (nSPS) is 11.7. The van der Waals surface area contributed by atoms with Gasteiger partial charge in [-0.1, -0.05) is 182 Å². The van der Waals surface area contributed by atoms with E-state index >= 15 is 0 Å². The molecule has 0 aliphatic carbocycles. The Hall–Kier alpha value is -4.23. The molecule has 0 amide bonds. The van der Waals surface area contributed by atoms with E-state index in [4.69, 9.17) is 8.43 Å². The highest BCUT2D eigenvalue weighted by Gasteiger charge is 2.51. The van der Waals surface area contributed by atoms with E-state index in [0.717, 1.165) is 36.3 Å². The first kappa shape index (κ1) is 33.7. The monoisotopic (exact) mass is 681 g/mol. The number of benzene rings is 6. The molecule has 0 saturated heterocycles. The summed E-state index contributed by atoms with van der Waals surface area (Å²) in [7, 11) is -8.15. The van der Waals surface area contributed by atoms with Crippen LogP contribution in [0.5, 0.6) is 0 Å². The first-order chi connectivity index (χ1) is 23.6. The minimum absolute atomic E-state index is 0.729. The molecule has 240 valence electrons. The van der Waals surface area contributed by atoms with Gasteiger partial charge in [-0.3, -0.25) is 0 Å². The molecule has 6 rings (SSSR count). The predicted octanol–water partition coefficient (Wildman–Crippen LogP) is 10.3. The van der Waals surface area contributed by atoms with Crippen LogP contribution in [0.3, 0.4) is 0 Å². The third-order valence-corrected chi connectivity index (χ3v) is 19.4. The second-order valence-electron chi connectivity index (χ2n) is 12.7. The van der Waals surface area contributed by atoms with Crippen LogP contribution < -0.4 is 0 Å². The van der Waals surface area contributed by atoms with Gasteiger partial charge in [-0.25, -0.2) is 0 Å². The lowest BCUT2D eigenvalue weighted by Gasteiger charge is -2.29. The summed E-state index contributed by atoms with van der Waals surface area (Å²) in [6.45, 7) is 0. The second-order valence-corrected chi connectivity index (χ2v) is 21.5. The number of hydrogen-bond acceptors (Lipinski definition) is 3. The van der Waals surface area contributed by atoms with E-state index in [2.05, 4.69) is 146 Å². The van der Waals surface area contributed by atoms with E-state index in [0.29, 0.717) is 0 Å². The summed E-state index contributed by atoms with van der Waals surface area (Å²) in [6, 6.07) is 67.5. The number of rotatable bonds is 16. The van der Waals surface area contributed by atoms with E-state index in [-0.39, 0.29) is 0 Å². The predicted molar refractivity (Wildman–Crippen MR) is 202 cm³/mol. The molecule has 0 aromatic heterocycles. The number of hydrogen-bond donors (Lipinski definition) is 0. The third-order valence-electron chi connectivity index (χ3n) is 8.75. The molecule has 0 N–H and O–H groups in total. The topological polar surface area (TPSA) is 35.5 Å². The lowest BCUT2D eigenvalue weighted by Crippen LogP contribution is -2.48. The standard InChI is InChI=1S/C42H42O3PSi2/c43-46(44-47(31-37-19-7-1-8-20-37,32-38-21-9-2-10-22-38)33-39-23-11-3-12-24-39)45-48(34-40-25-13-4-14-26-40,35-41-27-15-5-16-28-41)36-42-29-17-6-18-30-42/h1-30H,31-36H2/q+1. The van der Waals surface area contributed by atoms with Crippen molar-refractivity contribution >= 4 is 24.9 Å². The Morgan fingerprint density at radius 1 is 0.312 bits per heavy atom. The van der Waals surface area contributed by atoms with Gasteiger partial charge in [0.15, 0.2) is 0 Å². The average Bonchev–Trinajstić information content (AvgIpc) is 3.11. The molecule has 6 heteroatoms. The van der Waals surface area contributed by atoms with E-state index in [1.165, 1.54) is 33.4 Å². The smallest absolute Gasteiger partial charge is 0.175 e. The van der Waals surface area contributed by atoms with Crippen molar-refractivity contribution in [3.63, 3.8) is 0 Å². The van der Waals surface area contributed by atoms with Crippen LogP contribution in [0.2, 0.25) is 0 Å². The Labute approximate surface area is 288 Å². The highest BCUT2D eigenvalue weighted by Crippen LogP contribution is 2.40. The highest BCUT2D eigenvalue weighted by molar-refractivity contribution is 7.38. The van der Waals surface area contributed by atoms with Crippen LogP contribution in [-0.2, 0) is 49.3 Å². The summed E-state index contributed by atoms with van der Waals surface area (Å²) in [4.78, 5) is 0. The van der Waals surface area contributed by atoms with Gasteiger partial charge < -0.3 is 0 Å². The van der Waals surface area contributed by atoms with Crippen molar-refractivity contribution in [1.82, 2.24) is 0 Å². The molecule has 0 spiro atoms. The fourth-order valence-corrected chi connectivity index (χ4v) is 17.9. The summed E-state index contributed by atoms with van der Waals surface area (Å²) in [5, 5.41) is 0. The Kier molecular flexibility index (Phi) is 11.7. The molecule has 0 saturated carbocycles. The van der Waals surface area contributed by atoms with Crippen molar-refractivity contribution in [3.8, 4) is 0 Å². The molecule has 0 aliphatic heterocycles. The van der Waals surface area contributed by atoms with Gasteiger partial charge in [0.1, 0.15) is 0 Å². The molecule has 0 heterocycles. The maximum atomic E-state index is 14.8. The van der Waals surface area contributed by atoms with Crippen molar-refractivity contribution in [3.05, 3.63) is 215 Å². The first-order valence-corrected chi connectivity index (χ1v) is 22.8. The van der Waals surface area contributed by atoms with Crippen LogP contribution in [0.15, 0.2) is 182 Å².